The fourth-order valence-electron chi connectivity index (χ4n) is 4.79. The van der Waals surface area contributed by atoms with Crippen LogP contribution in [0.3, 0.4) is 0 Å². The molecule has 0 unspecified atom stereocenters. The molecule has 7 nitrogen and oxygen atoms in total. The van der Waals surface area contributed by atoms with Gasteiger partial charge in [0.25, 0.3) is 5.92 Å². The average Bonchev–Trinajstić information content (AvgIpc) is 3.24. The lowest BCUT2D eigenvalue weighted by Crippen LogP contribution is -2.43. The molecular weight excluding hydrogens is 500 g/mol. The SMILES string of the molecule is CCOc1cc(F)c(Cn2nc(-c3ncc(CCN4CCCC(F)(F)C4)c(N)n3)c3ccccc32)c(F)c1. The summed E-state index contributed by atoms with van der Waals surface area (Å²) in [5.41, 5.74) is 7.79. The molecular formula is C27H28F4N6O. The molecule has 0 radical (unpaired) electrons. The van der Waals surface area contributed by atoms with Crippen LogP contribution in [0.25, 0.3) is 22.4 Å². The predicted molar refractivity (Wildman–Crippen MR) is 136 cm³/mol. The third-order valence-electron chi connectivity index (χ3n) is 6.67. The fourth-order valence-corrected chi connectivity index (χ4v) is 4.79. The first-order valence-corrected chi connectivity index (χ1v) is 12.5. The van der Waals surface area contributed by atoms with Crippen LogP contribution in [0.15, 0.2) is 42.6 Å². The topological polar surface area (TPSA) is 82.1 Å². The van der Waals surface area contributed by atoms with Crippen molar-refractivity contribution in [1.82, 2.24) is 24.6 Å². The van der Waals surface area contributed by atoms with Crippen LogP contribution in [-0.4, -0.2) is 56.8 Å². The second-order valence-electron chi connectivity index (χ2n) is 9.41. The van der Waals surface area contributed by atoms with E-state index in [1.54, 1.807) is 30.2 Å². The Morgan fingerprint density at radius 3 is 2.61 bits per heavy atom. The summed E-state index contributed by atoms with van der Waals surface area (Å²) in [5, 5.41) is 5.28. The van der Waals surface area contributed by atoms with Crippen molar-refractivity contribution in [1.29, 1.82) is 0 Å². The molecule has 4 aromatic rings. The number of piperidine rings is 1. The summed E-state index contributed by atoms with van der Waals surface area (Å²) in [6.45, 7) is 2.66. The number of alkyl halides is 2. The minimum atomic E-state index is -2.67. The van der Waals surface area contributed by atoms with Crippen molar-refractivity contribution in [2.24, 2.45) is 0 Å². The summed E-state index contributed by atoms with van der Waals surface area (Å²) in [6, 6.07) is 9.55. The average molecular weight is 529 g/mol. The Bertz CT molecular complexity index is 1430. The van der Waals surface area contributed by atoms with Crippen LogP contribution in [0.1, 0.15) is 30.9 Å². The highest BCUT2D eigenvalue weighted by molar-refractivity contribution is 5.91. The minimum absolute atomic E-state index is 0.0814. The number of hydrogen-bond acceptors (Lipinski definition) is 6. The normalized spacial score (nSPS) is 15.7. The molecule has 3 heterocycles. The van der Waals surface area contributed by atoms with Gasteiger partial charge >= 0.3 is 0 Å². The van der Waals surface area contributed by atoms with Crippen LogP contribution in [0.4, 0.5) is 23.4 Å². The molecule has 0 spiro atoms. The van der Waals surface area contributed by atoms with Gasteiger partial charge in [0.05, 0.1) is 25.2 Å². The Hall–Kier alpha value is -3.73. The molecule has 2 N–H and O–H groups in total. The van der Waals surface area contributed by atoms with E-state index < -0.39 is 17.6 Å². The smallest absolute Gasteiger partial charge is 0.260 e. The summed E-state index contributed by atoms with van der Waals surface area (Å²) < 4.78 is 63.6. The maximum Gasteiger partial charge on any atom is 0.260 e. The van der Waals surface area contributed by atoms with Gasteiger partial charge in [-0.3, -0.25) is 9.58 Å². The van der Waals surface area contributed by atoms with Gasteiger partial charge in [0, 0.05) is 47.8 Å². The number of nitrogens with zero attached hydrogens (tertiary/aromatic N) is 5. The van der Waals surface area contributed by atoms with E-state index in [0.717, 1.165) is 12.1 Å². The Morgan fingerprint density at radius 1 is 1.13 bits per heavy atom. The van der Waals surface area contributed by atoms with Gasteiger partial charge in [0.15, 0.2) is 5.82 Å². The minimum Gasteiger partial charge on any atom is -0.494 e. The number of benzene rings is 2. The van der Waals surface area contributed by atoms with Crippen LogP contribution in [0.2, 0.25) is 0 Å². The third-order valence-corrected chi connectivity index (χ3v) is 6.67. The number of fused-ring (bicyclic) bond motifs is 1. The van der Waals surface area contributed by atoms with Crippen LogP contribution in [0, 0.1) is 11.6 Å². The molecule has 1 saturated heterocycles. The van der Waals surface area contributed by atoms with Crippen molar-refractivity contribution >= 4 is 16.7 Å². The second kappa shape index (κ2) is 10.6. The van der Waals surface area contributed by atoms with E-state index in [2.05, 4.69) is 15.1 Å². The van der Waals surface area contributed by atoms with Crippen molar-refractivity contribution in [3.8, 4) is 17.3 Å². The van der Waals surface area contributed by atoms with E-state index in [0.29, 0.717) is 54.7 Å². The summed E-state index contributed by atoms with van der Waals surface area (Å²) >= 11 is 0. The number of ether oxygens (including phenoxy) is 1. The number of likely N-dealkylation sites (tertiary alicyclic amines) is 1. The fraction of sp³-hybridized carbons (Fsp3) is 0.370. The van der Waals surface area contributed by atoms with Crippen molar-refractivity contribution in [2.75, 3.05) is 32.0 Å². The number of hydrogen-bond donors (Lipinski definition) is 1. The van der Waals surface area contributed by atoms with Gasteiger partial charge in [-0.15, -0.1) is 0 Å². The molecule has 5 rings (SSSR count). The van der Waals surface area contributed by atoms with Gasteiger partial charge < -0.3 is 10.5 Å². The van der Waals surface area contributed by atoms with Gasteiger partial charge in [-0.05, 0) is 32.4 Å². The zero-order valence-corrected chi connectivity index (χ0v) is 20.9. The van der Waals surface area contributed by atoms with Gasteiger partial charge in [0.1, 0.15) is 28.9 Å². The standard InChI is InChI=1S/C27H28F4N6O/c1-2-38-18-12-21(28)20(22(29)13-18)15-37-23-7-4-3-6-19(23)24(35-37)26-33-14-17(25(32)34-26)8-11-36-10-5-9-27(30,31)16-36/h3-4,6-7,12-14H,2,5,8-11,15-16H2,1H3,(H2,32,33,34). The summed E-state index contributed by atoms with van der Waals surface area (Å²) in [6.07, 6.45) is 2.40. The zero-order chi connectivity index (χ0) is 26.9. The maximum atomic E-state index is 14.7. The van der Waals surface area contributed by atoms with Crippen molar-refractivity contribution < 1.29 is 22.3 Å². The molecule has 1 aliphatic heterocycles. The highest BCUT2D eigenvalue weighted by Gasteiger charge is 2.34. The van der Waals surface area contributed by atoms with Crippen molar-refractivity contribution in [3.05, 3.63) is 65.4 Å². The van der Waals surface area contributed by atoms with Gasteiger partial charge in [0.2, 0.25) is 0 Å². The van der Waals surface area contributed by atoms with Crippen LogP contribution >= 0.6 is 0 Å². The highest BCUT2D eigenvalue weighted by Crippen LogP contribution is 2.30. The molecule has 200 valence electrons. The first kappa shape index (κ1) is 25.9. The summed E-state index contributed by atoms with van der Waals surface area (Å²) in [7, 11) is 0. The lowest BCUT2D eigenvalue weighted by atomic mass is 10.1. The number of para-hydroxylation sites is 1. The molecule has 0 amide bonds. The number of halogens is 4. The molecule has 2 aromatic heterocycles. The van der Waals surface area contributed by atoms with E-state index in [1.807, 2.05) is 12.1 Å². The van der Waals surface area contributed by atoms with E-state index >= 15 is 0 Å². The van der Waals surface area contributed by atoms with Gasteiger partial charge in [-0.2, -0.15) is 5.10 Å². The molecule has 2 aromatic carbocycles. The molecule has 0 aliphatic carbocycles. The number of nitrogens with two attached hydrogens (primary N) is 1. The Balaban J connectivity index is 1.40. The van der Waals surface area contributed by atoms with E-state index in [1.165, 1.54) is 4.68 Å². The van der Waals surface area contributed by atoms with Gasteiger partial charge in [-0.1, -0.05) is 18.2 Å². The number of nitrogen functional groups attached to an aromatic ring is 1. The first-order chi connectivity index (χ1) is 18.2. The van der Waals surface area contributed by atoms with Gasteiger partial charge in [-0.25, -0.2) is 27.5 Å². The van der Waals surface area contributed by atoms with Crippen LogP contribution < -0.4 is 10.5 Å². The van der Waals surface area contributed by atoms with Crippen molar-refractivity contribution in [2.45, 2.75) is 38.7 Å². The molecule has 0 atom stereocenters. The third kappa shape index (κ3) is 5.42. The largest absolute Gasteiger partial charge is 0.494 e. The summed E-state index contributed by atoms with van der Waals surface area (Å²) in [5.74, 6) is -3.51. The van der Waals surface area contributed by atoms with Crippen LogP contribution in [-0.2, 0) is 13.0 Å². The zero-order valence-electron chi connectivity index (χ0n) is 20.9. The van der Waals surface area contributed by atoms with E-state index in [-0.39, 0.29) is 42.5 Å². The van der Waals surface area contributed by atoms with E-state index in [9.17, 15) is 17.6 Å². The Kier molecular flexibility index (Phi) is 7.20. The first-order valence-electron chi connectivity index (χ1n) is 12.5. The van der Waals surface area contributed by atoms with Crippen molar-refractivity contribution in [3.63, 3.8) is 0 Å². The Labute approximate surface area is 217 Å². The second-order valence-corrected chi connectivity index (χ2v) is 9.41. The number of rotatable bonds is 8. The maximum absolute atomic E-state index is 14.7. The molecule has 11 heteroatoms. The van der Waals surface area contributed by atoms with E-state index in [4.69, 9.17) is 10.5 Å². The molecule has 1 fully saturated rings. The molecule has 0 saturated carbocycles. The quantitative estimate of drug-likeness (QED) is 0.322. The lowest BCUT2D eigenvalue weighted by Gasteiger charge is -2.32. The highest BCUT2D eigenvalue weighted by atomic mass is 19.3. The summed E-state index contributed by atoms with van der Waals surface area (Å²) in [4.78, 5) is 10.6. The number of anilines is 1. The lowest BCUT2D eigenvalue weighted by molar-refractivity contribution is -0.0635. The molecule has 0 bridgehead atoms. The monoisotopic (exact) mass is 528 g/mol. The Morgan fingerprint density at radius 2 is 1.89 bits per heavy atom. The molecule has 1 aliphatic rings. The van der Waals surface area contributed by atoms with Crippen LogP contribution in [0.5, 0.6) is 5.75 Å². The molecule has 38 heavy (non-hydrogen) atoms. The predicted octanol–water partition coefficient (Wildman–Crippen LogP) is 5.07. The number of aromatic nitrogens is 4.